The lowest BCUT2D eigenvalue weighted by Crippen LogP contribution is -2.51. The Bertz CT molecular complexity index is 489. The van der Waals surface area contributed by atoms with Crippen LogP contribution >= 0.6 is 0 Å². The lowest BCUT2D eigenvalue weighted by atomic mass is 9.61. The Balaban J connectivity index is 4.54. The van der Waals surface area contributed by atoms with Gasteiger partial charge in [0.05, 0.1) is 5.41 Å². The zero-order chi connectivity index (χ0) is 18.4. The van der Waals surface area contributed by atoms with E-state index in [9.17, 15) is 14.4 Å². The van der Waals surface area contributed by atoms with Crippen molar-refractivity contribution in [3.8, 4) is 0 Å². The molecule has 0 aromatic rings. The van der Waals surface area contributed by atoms with Crippen molar-refractivity contribution in [3.63, 3.8) is 0 Å². The standard InChI is InChI=1S/C17H30N2O4/c1-11(2)17(7,16(4,5)6)15(23)19-9-8-18-13(20)10-12(3)14(21)22/h10-11H,8-9H2,1-7H3,(H,18,20)(H,19,23)(H,21,22)/b12-10-. The maximum absolute atomic E-state index is 12.6. The monoisotopic (exact) mass is 326 g/mol. The summed E-state index contributed by atoms with van der Waals surface area (Å²) in [4.78, 5) is 34.7. The molecule has 1 unspecified atom stereocenters. The molecule has 0 saturated carbocycles. The maximum atomic E-state index is 12.6. The fourth-order valence-corrected chi connectivity index (χ4v) is 2.32. The van der Waals surface area contributed by atoms with Crippen molar-refractivity contribution in [1.82, 2.24) is 10.6 Å². The second-order valence-electron chi connectivity index (χ2n) is 7.29. The van der Waals surface area contributed by atoms with E-state index in [1.54, 1.807) is 0 Å². The van der Waals surface area contributed by atoms with Crippen LogP contribution in [0.3, 0.4) is 0 Å². The van der Waals surface area contributed by atoms with Gasteiger partial charge in [-0.1, -0.05) is 41.5 Å². The van der Waals surface area contributed by atoms with E-state index >= 15 is 0 Å². The van der Waals surface area contributed by atoms with Gasteiger partial charge in [0.1, 0.15) is 0 Å². The van der Waals surface area contributed by atoms with Crippen LogP contribution in [-0.2, 0) is 14.4 Å². The van der Waals surface area contributed by atoms with Crippen molar-refractivity contribution in [2.45, 2.75) is 48.5 Å². The molecule has 0 saturated heterocycles. The normalized spacial score (nSPS) is 15.0. The predicted octanol–water partition coefficient (Wildman–Crippen LogP) is 1.96. The Morgan fingerprint density at radius 2 is 1.52 bits per heavy atom. The molecule has 0 aliphatic carbocycles. The van der Waals surface area contributed by atoms with E-state index in [0.717, 1.165) is 6.08 Å². The van der Waals surface area contributed by atoms with Gasteiger partial charge in [-0.2, -0.15) is 0 Å². The van der Waals surface area contributed by atoms with Gasteiger partial charge in [0.25, 0.3) is 0 Å². The smallest absolute Gasteiger partial charge is 0.331 e. The van der Waals surface area contributed by atoms with Crippen LogP contribution in [0.15, 0.2) is 11.6 Å². The highest BCUT2D eigenvalue weighted by Crippen LogP contribution is 2.44. The summed E-state index contributed by atoms with van der Waals surface area (Å²) in [6.45, 7) is 14.0. The molecule has 0 aliphatic rings. The van der Waals surface area contributed by atoms with E-state index in [1.165, 1.54) is 6.92 Å². The van der Waals surface area contributed by atoms with Crippen molar-refractivity contribution in [1.29, 1.82) is 0 Å². The summed E-state index contributed by atoms with van der Waals surface area (Å²) >= 11 is 0. The number of carbonyl (C=O) groups is 3. The average molecular weight is 326 g/mol. The summed E-state index contributed by atoms with van der Waals surface area (Å²) < 4.78 is 0. The number of hydrogen-bond donors (Lipinski definition) is 3. The van der Waals surface area contributed by atoms with Gasteiger partial charge in [-0.15, -0.1) is 0 Å². The average Bonchev–Trinajstić information content (AvgIpc) is 2.40. The highest BCUT2D eigenvalue weighted by Gasteiger charge is 2.46. The molecule has 132 valence electrons. The van der Waals surface area contributed by atoms with Gasteiger partial charge in [0.2, 0.25) is 11.8 Å². The van der Waals surface area contributed by atoms with Gasteiger partial charge in [0.15, 0.2) is 0 Å². The van der Waals surface area contributed by atoms with Crippen LogP contribution in [0.5, 0.6) is 0 Å². The van der Waals surface area contributed by atoms with Crippen LogP contribution < -0.4 is 10.6 Å². The molecule has 0 bridgehead atoms. The van der Waals surface area contributed by atoms with Crippen molar-refractivity contribution < 1.29 is 19.5 Å². The first-order chi connectivity index (χ1) is 10.3. The number of amides is 2. The second kappa shape index (κ2) is 8.13. The van der Waals surface area contributed by atoms with Gasteiger partial charge in [-0.25, -0.2) is 4.79 Å². The molecular formula is C17H30N2O4. The van der Waals surface area contributed by atoms with Crippen LogP contribution in [0.25, 0.3) is 0 Å². The lowest BCUT2D eigenvalue weighted by Gasteiger charge is -2.43. The van der Waals surface area contributed by atoms with E-state index in [-0.39, 0.29) is 29.4 Å². The van der Waals surface area contributed by atoms with Crippen molar-refractivity contribution in [2.75, 3.05) is 13.1 Å². The molecule has 0 aromatic carbocycles. The number of carbonyl (C=O) groups excluding carboxylic acids is 2. The number of rotatable bonds is 7. The molecule has 0 radical (unpaired) electrons. The zero-order valence-corrected chi connectivity index (χ0v) is 15.2. The third-order valence-corrected chi connectivity index (χ3v) is 4.58. The molecule has 2 amide bonds. The Morgan fingerprint density at radius 3 is 1.91 bits per heavy atom. The first-order valence-electron chi connectivity index (χ1n) is 7.81. The quantitative estimate of drug-likeness (QED) is 0.492. The molecule has 6 heteroatoms. The molecule has 0 aliphatic heterocycles. The second-order valence-corrected chi connectivity index (χ2v) is 7.29. The Labute approximate surface area is 138 Å². The Kier molecular flexibility index (Phi) is 7.48. The molecule has 23 heavy (non-hydrogen) atoms. The molecule has 0 aromatic heterocycles. The molecule has 3 N–H and O–H groups in total. The summed E-state index contributed by atoms with van der Waals surface area (Å²) in [5.74, 6) is -1.50. The molecule has 0 spiro atoms. The number of aliphatic carboxylic acids is 1. The first kappa shape index (κ1) is 21.1. The van der Waals surface area contributed by atoms with Gasteiger partial charge in [0, 0.05) is 24.7 Å². The van der Waals surface area contributed by atoms with E-state index in [4.69, 9.17) is 5.11 Å². The lowest BCUT2D eigenvalue weighted by molar-refractivity contribution is -0.140. The highest BCUT2D eigenvalue weighted by molar-refractivity contribution is 5.97. The topological polar surface area (TPSA) is 95.5 Å². The minimum absolute atomic E-state index is 0.0355. The van der Waals surface area contributed by atoms with E-state index in [0.29, 0.717) is 6.54 Å². The third kappa shape index (κ3) is 5.69. The van der Waals surface area contributed by atoms with Gasteiger partial charge < -0.3 is 15.7 Å². The van der Waals surface area contributed by atoms with Gasteiger partial charge in [-0.05, 0) is 18.3 Å². The minimum Gasteiger partial charge on any atom is -0.478 e. The fourth-order valence-electron chi connectivity index (χ4n) is 2.32. The maximum Gasteiger partial charge on any atom is 0.331 e. The molecule has 0 heterocycles. The first-order valence-corrected chi connectivity index (χ1v) is 7.81. The zero-order valence-electron chi connectivity index (χ0n) is 15.2. The number of carboxylic acid groups (broad SMARTS) is 1. The SMILES string of the molecule is C/C(=C/C(=O)NCCNC(=O)C(C)(C(C)C)C(C)(C)C)C(=O)O. The molecule has 6 nitrogen and oxygen atoms in total. The summed E-state index contributed by atoms with van der Waals surface area (Å²) in [5, 5.41) is 14.1. The Morgan fingerprint density at radius 1 is 1.04 bits per heavy atom. The largest absolute Gasteiger partial charge is 0.478 e. The number of nitrogens with one attached hydrogen (secondary N) is 2. The summed E-state index contributed by atoms with van der Waals surface area (Å²) in [6.07, 6.45) is 1.03. The highest BCUT2D eigenvalue weighted by atomic mass is 16.4. The summed E-state index contributed by atoms with van der Waals surface area (Å²) in [6, 6.07) is 0. The van der Waals surface area contributed by atoms with E-state index in [1.807, 2.05) is 41.5 Å². The van der Waals surface area contributed by atoms with Crippen LogP contribution in [0, 0.1) is 16.7 Å². The third-order valence-electron chi connectivity index (χ3n) is 4.58. The molecule has 0 rings (SSSR count). The number of hydrogen-bond acceptors (Lipinski definition) is 3. The summed E-state index contributed by atoms with van der Waals surface area (Å²) in [5.41, 5.74) is -0.765. The van der Waals surface area contributed by atoms with Crippen LogP contribution in [0.2, 0.25) is 0 Å². The van der Waals surface area contributed by atoms with Crippen molar-refractivity contribution >= 4 is 17.8 Å². The van der Waals surface area contributed by atoms with Crippen LogP contribution in [0.1, 0.15) is 48.5 Å². The van der Waals surface area contributed by atoms with E-state index < -0.39 is 17.3 Å². The van der Waals surface area contributed by atoms with Crippen LogP contribution in [-0.4, -0.2) is 36.0 Å². The number of carboxylic acids is 1. The van der Waals surface area contributed by atoms with Gasteiger partial charge in [-0.3, -0.25) is 9.59 Å². The van der Waals surface area contributed by atoms with Crippen LogP contribution in [0.4, 0.5) is 0 Å². The molecular weight excluding hydrogens is 296 g/mol. The fraction of sp³-hybridized carbons (Fsp3) is 0.706. The molecule has 0 fully saturated rings. The minimum atomic E-state index is -1.13. The van der Waals surface area contributed by atoms with Crippen molar-refractivity contribution in [3.05, 3.63) is 11.6 Å². The van der Waals surface area contributed by atoms with E-state index in [2.05, 4.69) is 10.6 Å². The predicted molar refractivity (Wildman–Crippen MR) is 89.8 cm³/mol. The summed E-state index contributed by atoms with van der Waals surface area (Å²) in [7, 11) is 0. The Hall–Kier alpha value is -1.85. The molecule has 1 atom stereocenters. The van der Waals surface area contributed by atoms with Crippen molar-refractivity contribution in [2.24, 2.45) is 16.7 Å². The van der Waals surface area contributed by atoms with Gasteiger partial charge >= 0.3 is 5.97 Å².